The van der Waals surface area contributed by atoms with Crippen molar-refractivity contribution in [3.63, 3.8) is 0 Å². The molecule has 0 aliphatic rings. The molecule has 0 atom stereocenters. The molecule has 0 fully saturated rings. The molecular formula is C12H25NOS2. The highest BCUT2D eigenvalue weighted by atomic mass is 33.1. The van der Waals surface area contributed by atoms with Crippen LogP contribution in [0.2, 0.25) is 0 Å². The molecule has 0 spiro atoms. The van der Waals surface area contributed by atoms with E-state index >= 15 is 0 Å². The number of carbonyl (C=O) groups excluding carboxylic acids is 1. The molecule has 0 rings (SSSR count). The average Bonchev–Trinajstić information content (AvgIpc) is 2.28. The molecule has 96 valence electrons. The summed E-state index contributed by atoms with van der Waals surface area (Å²) in [5.41, 5.74) is 0. The van der Waals surface area contributed by atoms with Gasteiger partial charge in [0.25, 0.3) is 0 Å². The third-order valence-electron chi connectivity index (χ3n) is 2.49. The third kappa shape index (κ3) is 12.2. The van der Waals surface area contributed by atoms with Gasteiger partial charge in [0.15, 0.2) is 0 Å². The molecule has 1 N–H and O–H groups in total. The van der Waals surface area contributed by atoms with Gasteiger partial charge in [-0.25, -0.2) is 0 Å². The fourth-order valence-electron chi connectivity index (χ4n) is 1.52. The molecular weight excluding hydrogens is 238 g/mol. The van der Waals surface area contributed by atoms with Crippen LogP contribution in [0.5, 0.6) is 0 Å². The Morgan fingerprint density at radius 1 is 1.12 bits per heavy atom. The lowest BCUT2D eigenvalue weighted by atomic mass is 10.1. The van der Waals surface area contributed by atoms with Crippen LogP contribution in [0.25, 0.3) is 0 Å². The molecule has 0 aliphatic heterocycles. The molecule has 0 aromatic rings. The number of unbranched alkanes of at least 4 members (excludes halogenated alkanes) is 5. The molecule has 0 aromatic heterocycles. The Morgan fingerprint density at radius 2 is 1.81 bits per heavy atom. The normalized spacial score (nSPS) is 10.4. The lowest BCUT2D eigenvalue weighted by Crippen LogP contribution is -2.24. The summed E-state index contributed by atoms with van der Waals surface area (Å²) in [4.78, 5) is 11.3. The van der Waals surface area contributed by atoms with Crippen molar-refractivity contribution in [2.24, 2.45) is 0 Å². The van der Waals surface area contributed by atoms with E-state index in [2.05, 4.69) is 23.9 Å². The van der Waals surface area contributed by atoms with Crippen LogP contribution in [0.4, 0.5) is 0 Å². The maximum atomic E-state index is 11.3. The van der Waals surface area contributed by atoms with Crippen LogP contribution < -0.4 is 5.32 Å². The summed E-state index contributed by atoms with van der Waals surface area (Å²) in [7, 11) is 1.50. The van der Waals surface area contributed by atoms with E-state index in [1.54, 1.807) is 0 Å². The molecule has 16 heavy (non-hydrogen) atoms. The lowest BCUT2D eigenvalue weighted by molar-refractivity contribution is -0.121. The second kappa shape index (κ2) is 13.2. The minimum absolute atomic E-state index is 0.191. The van der Waals surface area contributed by atoms with Crippen LogP contribution in [0, 0.1) is 0 Å². The molecule has 0 aromatic carbocycles. The third-order valence-corrected chi connectivity index (χ3v) is 3.51. The van der Waals surface area contributed by atoms with Crippen LogP contribution >= 0.6 is 22.5 Å². The first-order chi connectivity index (χ1) is 7.81. The van der Waals surface area contributed by atoms with E-state index in [4.69, 9.17) is 0 Å². The second-order valence-corrected chi connectivity index (χ2v) is 5.50. The van der Waals surface area contributed by atoms with Crippen molar-refractivity contribution in [2.75, 3.05) is 12.3 Å². The highest BCUT2D eigenvalue weighted by molar-refractivity contribution is 8.68. The van der Waals surface area contributed by atoms with Crippen molar-refractivity contribution in [1.82, 2.24) is 5.32 Å². The summed E-state index contributed by atoms with van der Waals surface area (Å²) in [6.07, 6.45) is 9.21. The second-order valence-electron chi connectivity index (χ2n) is 4.05. The summed E-state index contributed by atoms with van der Waals surface area (Å²) in [5.74, 6) is 1.14. The van der Waals surface area contributed by atoms with E-state index in [-0.39, 0.29) is 5.91 Å². The van der Waals surface area contributed by atoms with Crippen LogP contribution in [-0.4, -0.2) is 18.2 Å². The number of carbonyl (C=O) groups is 1. The number of thiol groups is 1. The van der Waals surface area contributed by atoms with Crippen LogP contribution in [0.3, 0.4) is 0 Å². The highest BCUT2D eigenvalue weighted by Crippen LogP contribution is 2.07. The Labute approximate surface area is 109 Å². The van der Waals surface area contributed by atoms with E-state index in [0.29, 0.717) is 6.42 Å². The first-order valence-corrected chi connectivity index (χ1v) is 8.38. The minimum Gasteiger partial charge on any atom is -0.356 e. The average molecular weight is 263 g/mol. The van der Waals surface area contributed by atoms with Crippen LogP contribution in [0.1, 0.15) is 58.3 Å². The molecule has 1 amide bonds. The minimum atomic E-state index is 0.191. The van der Waals surface area contributed by atoms with Gasteiger partial charge in [-0.1, -0.05) is 49.8 Å². The SMILES string of the molecule is CCCCCCCCNC(=O)CCCSS. The van der Waals surface area contributed by atoms with Crippen molar-refractivity contribution >= 4 is 28.4 Å². The maximum absolute atomic E-state index is 11.3. The van der Waals surface area contributed by atoms with Crippen molar-refractivity contribution in [1.29, 1.82) is 0 Å². The summed E-state index contributed by atoms with van der Waals surface area (Å²) in [5, 5.41) is 2.96. The molecule has 0 saturated heterocycles. The van der Waals surface area contributed by atoms with Gasteiger partial charge >= 0.3 is 0 Å². The quantitative estimate of drug-likeness (QED) is 0.337. The van der Waals surface area contributed by atoms with Gasteiger partial charge < -0.3 is 5.32 Å². The smallest absolute Gasteiger partial charge is 0.220 e. The van der Waals surface area contributed by atoms with E-state index in [1.165, 1.54) is 42.9 Å². The van der Waals surface area contributed by atoms with Gasteiger partial charge in [0.1, 0.15) is 0 Å². The Balaban J connectivity index is 3.09. The molecule has 4 heteroatoms. The monoisotopic (exact) mass is 263 g/mol. The predicted molar refractivity (Wildman–Crippen MR) is 77.1 cm³/mol. The topological polar surface area (TPSA) is 29.1 Å². The van der Waals surface area contributed by atoms with E-state index in [0.717, 1.165) is 25.1 Å². The van der Waals surface area contributed by atoms with E-state index < -0.39 is 0 Å². The van der Waals surface area contributed by atoms with Crippen LogP contribution in [-0.2, 0) is 4.79 Å². The van der Waals surface area contributed by atoms with Gasteiger partial charge in [0.2, 0.25) is 5.91 Å². The zero-order valence-corrected chi connectivity index (χ0v) is 12.0. The number of hydrogen-bond acceptors (Lipinski definition) is 3. The molecule has 0 radical (unpaired) electrons. The lowest BCUT2D eigenvalue weighted by Gasteiger charge is -2.04. The zero-order valence-electron chi connectivity index (χ0n) is 10.3. The van der Waals surface area contributed by atoms with Gasteiger partial charge in [-0.3, -0.25) is 4.79 Å². The fraction of sp³-hybridized carbons (Fsp3) is 0.917. The number of nitrogens with one attached hydrogen (secondary N) is 1. The standard InChI is InChI=1S/C12H25NOS2/c1-2-3-4-5-6-7-10-13-12(14)9-8-11-16-15/h15H,2-11H2,1H3,(H,13,14). The predicted octanol–water partition coefficient (Wildman–Crippen LogP) is 3.82. The fourth-order valence-corrected chi connectivity index (χ4v) is 2.18. The molecule has 0 saturated carbocycles. The highest BCUT2D eigenvalue weighted by Gasteiger charge is 1.99. The molecule has 0 aliphatic carbocycles. The van der Waals surface area contributed by atoms with Gasteiger partial charge in [-0.2, -0.15) is 0 Å². The summed E-state index contributed by atoms with van der Waals surface area (Å²) >= 11 is 4.03. The van der Waals surface area contributed by atoms with Crippen molar-refractivity contribution in [3.05, 3.63) is 0 Å². The van der Waals surface area contributed by atoms with Crippen LogP contribution in [0.15, 0.2) is 0 Å². The van der Waals surface area contributed by atoms with E-state index in [9.17, 15) is 4.79 Å². The molecule has 0 bridgehead atoms. The van der Waals surface area contributed by atoms with Gasteiger partial charge in [0.05, 0.1) is 0 Å². The number of hydrogen-bond donors (Lipinski definition) is 2. The van der Waals surface area contributed by atoms with Crippen molar-refractivity contribution in [2.45, 2.75) is 58.3 Å². The summed E-state index contributed by atoms with van der Waals surface area (Å²) in [6, 6.07) is 0. The summed E-state index contributed by atoms with van der Waals surface area (Å²) in [6.45, 7) is 3.07. The Hall–Kier alpha value is 0.170. The van der Waals surface area contributed by atoms with Gasteiger partial charge in [-0.15, -0.1) is 11.7 Å². The molecule has 0 heterocycles. The number of amides is 1. The number of rotatable bonds is 11. The maximum Gasteiger partial charge on any atom is 0.220 e. The van der Waals surface area contributed by atoms with Gasteiger partial charge in [-0.05, 0) is 12.8 Å². The Morgan fingerprint density at radius 3 is 2.50 bits per heavy atom. The van der Waals surface area contributed by atoms with Gasteiger partial charge in [0, 0.05) is 18.7 Å². The molecule has 2 nitrogen and oxygen atoms in total. The largest absolute Gasteiger partial charge is 0.356 e. The van der Waals surface area contributed by atoms with Crippen molar-refractivity contribution < 1.29 is 4.79 Å². The zero-order chi connectivity index (χ0) is 12.1. The van der Waals surface area contributed by atoms with Crippen molar-refractivity contribution in [3.8, 4) is 0 Å². The summed E-state index contributed by atoms with van der Waals surface area (Å²) < 4.78 is 0. The first kappa shape index (κ1) is 16.2. The Kier molecular flexibility index (Phi) is 13.4. The van der Waals surface area contributed by atoms with E-state index in [1.807, 2.05) is 0 Å². The Bertz CT molecular complexity index is 165. The molecule has 0 unspecified atom stereocenters. The first-order valence-electron chi connectivity index (χ1n) is 6.34.